The molecule has 1 N–H and O–H groups in total. The number of benzene rings is 1. The summed E-state index contributed by atoms with van der Waals surface area (Å²) in [5.41, 5.74) is 1.22. The van der Waals surface area contributed by atoms with E-state index in [0.29, 0.717) is 5.75 Å². The standard InChI is InChI=1S/C20H22FN5O3S/c1-13-16(29-17-5-3-4-14(17)15-8-11-24-26(15)2)6-7-18(20(13)21)30(27,28)25-19-9-10-22-12-23-19/h6-12,14,17H,3-5H2,1-2H3,(H,22,23,25)/t14-,17+/m1/s1. The fourth-order valence-corrected chi connectivity index (χ4v) is 4.98. The van der Waals surface area contributed by atoms with Crippen LogP contribution in [0.3, 0.4) is 0 Å². The summed E-state index contributed by atoms with van der Waals surface area (Å²) in [6.07, 6.45) is 7.02. The minimum atomic E-state index is -4.14. The molecule has 2 atom stereocenters. The number of aryl methyl sites for hydroxylation is 1. The molecule has 1 saturated carbocycles. The quantitative estimate of drug-likeness (QED) is 0.644. The molecule has 1 aliphatic rings. The smallest absolute Gasteiger partial charge is 0.265 e. The monoisotopic (exact) mass is 431 g/mol. The second-order valence-electron chi connectivity index (χ2n) is 7.27. The summed E-state index contributed by atoms with van der Waals surface area (Å²) in [5.74, 6) is -0.285. The lowest BCUT2D eigenvalue weighted by Crippen LogP contribution is -2.23. The van der Waals surface area contributed by atoms with E-state index in [1.165, 1.54) is 37.6 Å². The van der Waals surface area contributed by atoms with Crippen molar-refractivity contribution >= 4 is 15.8 Å². The van der Waals surface area contributed by atoms with E-state index in [4.69, 9.17) is 4.74 Å². The van der Waals surface area contributed by atoms with Crippen LogP contribution in [0.5, 0.6) is 5.75 Å². The fourth-order valence-electron chi connectivity index (χ4n) is 3.84. The molecule has 0 spiro atoms. The summed E-state index contributed by atoms with van der Waals surface area (Å²) < 4.78 is 50.5. The van der Waals surface area contributed by atoms with E-state index in [-0.39, 0.29) is 23.4 Å². The van der Waals surface area contributed by atoms with Crippen LogP contribution in [0.2, 0.25) is 0 Å². The topological polar surface area (TPSA) is 99.0 Å². The summed E-state index contributed by atoms with van der Waals surface area (Å²) in [5, 5.41) is 4.23. The number of hydrogen-bond donors (Lipinski definition) is 1. The Morgan fingerprint density at radius 3 is 2.73 bits per heavy atom. The third kappa shape index (κ3) is 3.87. The second-order valence-corrected chi connectivity index (χ2v) is 8.93. The van der Waals surface area contributed by atoms with E-state index < -0.39 is 20.7 Å². The van der Waals surface area contributed by atoms with Crippen molar-refractivity contribution in [2.24, 2.45) is 7.05 Å². The number of ether oxygens (including phenoxy) is 1. The van der Waals surface area contributed by atoms with Crippen LogP contribution in [0.15, 0.2) is 47.9 Å². The predicted octanol–water partition coefficient (Wildman–Crippen LogP) is 3.17. The SMILES string of the molecule is Cc1c(O[C@H]2CCC[C@@H]2c2ccnn2C)ccc(S(=O)(=O)Nc2ccncn2)c1F. The number of rotatable bonds is 6. The van der Waals surface area contributed by atoms with Crippen LogP contribution in [0.25, 0.3) is 0 Å². The van der Waals surface area contributed by atoms with E-state index >= 15 is 4.39 Å². The maximum absolute atomic E-state index is 15.0. The van der Waals surface area contributed by atoms with E-state index in [1.807, 2.05) is 17.8 Å². The Labute approximate surface area is 174 Å². The molecule has 3 aromatic rings. The molecule has 0 bridgehead atoms. The molecular weight excluding hydrogens is 409 g/mol. The van der Waals surface area contributed by atoms with E-state index in [9.17, 15) is 8.42 Å². The Hall–Kier alpha value is -3.01. The van der Waals surface area contributed by atoms with Crippen LogP contribution in [-0.2, 0) is 17.1 Å². The first kappa shape index (κ1) is 20.3. The second kappa shape index (κ2) is 8.02. The predicted molar refractivity (Wildman–Crippen MR) is 108 cm³/mol. The molecule has 0 unspecified atom stereocenters. The largest absolute Gasteiger partial charge is 0.489 e. The Morgan fingerprint density at radius 2 is 2.03 bits per heavy atom. The van der Waals surface area contributed by atoms with Crippen LogP contribution in [0.1, 0.15) is 36.4 Å². The third-order valence-corrected chi connectivity index (χ3v) is 6.75. The minimum Gasteiger partial charge on any atom is -0.489 e. The lowest BCUT2D eigenvalue weighted by atomic mass is 10.0. The maximum atomic E-state index is 15.0. The summed E-state index contributed by atoms with van der Waals surface area (Å²) in [6.45, 7) is 1.52. The molecule has 2 heterocycles. The zero-order valence-corrected chi connectivity index (χ0v) is 17.4. The first-order chi connectivity index (χ1) is 14.4. The van der Waals surface area contributed by atoms with E-state index in [2.05, 4.69) is 19.8 Å². The zero-order chi connectivity index (χ0) is 21.3. The van der Waals surface area contributed by atoms with Crippen molar-refractivity contribution in [3.63, 3.8) is 0 Å². The molecule has 8 nitrogen and oxygen atoms in total. The molecule has 0 aliphatic heterocycles. The highest BCUT2D eigenvalue weighted by atomic mass is 32.2. The molecule has 158 valence electrons. The van der Waals surface area contributed by atoms with Crippen molar-refractivity contribution in [3.05, 3.63) is 60.1 Å². The summed E-state index contributed by atoms with van der Waals surface area (Å²) in [7, 11) is -2.26. The molecule has 4 rings (SSSR count). The summed E-state index contributed by atoms with van der Waals surface area (Å²) in [4.78, 5) is 7.08. The van der Waals surface area contributed by atoms with Gasteiger partial charge in [0.2, 0.25) is 0 Å². The van der Waals surface area contributed by atoms with Crippen LogP contribution in [0, 0.1) is 12.7 Å². The van der Waals surface area contributed by atoms with Crippen molar-refractivity contribution in [2.75, 3.05) is 4.72 Å². The van der Waals surface area contributed by atoms with Crippen molar-refractivity contribution in [3.8, 4) is 5.75 Å². The fraction of sp³-hybridized carbons (Fsp3) is 0.350. The number of hydrogen-bond acceptors (Lipinski definition) is 6. The lowest BCUT2D eigenvalue weighted by Gasteiger charge is -2.23. The molecule has 1 aliphatic carbocycles. The molecule has 10 heteroatoms. The van der Waals surface area contributed by atoms with Gasteiger partial charge in [-0.3, -0.25) is 9.40 Å². The van der Waals surface area contributed by atoms with Gasteiger partial charge in [-0.05, 0) is 50.5 Å². The van der Waals surface area contributed by atoms with Gasteiger partial charge in [0.25, 0.3) is 10.0 Å². The van der Waals surface area contributed by atoms with Gasteiger partial charge in [0, 0.05) is 36.6 Å². The Morgan fingerprint density at radius 1 is 1.20 bits per heavy atom. The lowest BCUT2D eigenvalue weighted by molar-refractivity contribution is 0.184. The van der Waals surface area contributed by atoms with E-state index in [0.717, 1.165) is 25.0 Å². The number of nitrogens with one attached hydrogen (secondary N) is 1. The number of nitrogens with zero attached hydrogens (tertiary/aromatic N) is 4. The number of aromatic nitrogens is 4. The van der Waals surface area contributed by atoms with Gasteiger partial charge in [-0.25, -0.2) is 22.8 Å². The molecule has 2 aromatic heterocycles. The average Bonchev–Trinajstić information content (AvgIpc) is 3.34. The molecular formula is C20H22FN5O3S. The molecule has 0 amide bonds. The summed E-state index contributed by atoms with van der Waals surface area (Å²) >= 11 is 0. The molecule has 0 saturated heterocycles. The van der Waals surface area contributed by atoms with Gasteiger partial charge in [0.1, 0.15) is 34.7 Å². The van der Waals surface area contributed by atoms with Gasteiger partial charge in [-0.2, -0.15) is 5.10 Å². The van der Waals surface area contributed by atoms with Crippen LogP contribution < -0.4 is 9.46 Å². The molecule has 1 aromatic carbocycles. The van der Waals surface area contributed by atoms with Crippen molar-refractivity contribution in [1.82, 2.24) is 19.7 Å². The molecule has 30 heavy (non-hydrogen) atoms. The van der Waals surface area contributed by atoms with Crippen LogP contribution >= 0.6 is 0 Å². The molecule has 1 fully saturated rings. The van der Waals surface area contributed by atoms with Gasteiger partial charge in [-0.1, -0.05) is 0 Å². The maximum Gasteiger partial charge on any atom is 0.265 e. The van der Waals surface area contributed by atoms with Gasteiger partial charge < -0.3 is 4.74 Å². The normalized spacial score (nSPS) is 19.0. The van der Waals surface area contributed by atoms with E-state index in [1.54, 1.807) is 6.20 Å². The van der Waals surface area contributed by atoms with Gasteiger partial charge >= 0.3 is 0 Å². The van der Waals surface area contributed by atoms with Crippen molar-refractivity contribution in [1.29, 1.82) is 0 Å². The molecule has 0 radical (unpaired) electrons. The minimum absolute atomic E-state index is 0.0624. The highest BCUT2D eigenvalue weighted by Gasteiger charge is 2.33. The number of sulfonamides is 1. The highest BCUT2D eigenvalue weighted by molar-refractivity contribution is 7.92. The highest BCUT2D eigenvalue weighted by Crippen LogP contribution is 2.38. The number of halogens is 1. The van der Waals surface area contributed by atoms with Gasteiger partial charge in [0.15, 0.2) is 0 Å². The van der Waals surface area contributed by atoms with Crippen LogP contribution in [-0.4, -0.2) is 34.3 Å². The first-order valence-corrected chi connectivity index (χ1v) is 11.1. The summed E-state index contributed by atoms with van der Waals surface area (Å²) in [6, 6.07) is 6.08. The van der Waals surface area contributed by atoms with Gasteiger partial charge in [0.05, 0.1) is 0 Å². The van der Waals surface area contributed by atoms with Crippen molar-refractivity contribution < 1.29 is 17.5 Å². The number of anilines is 1. The third-order valence-electron chi connectivity index (χ3n) is 5.38. The Balaban J connectivity index is 1.58. The Bertz CT molecular complexity index is 1150. The first-order valence-electron chi connectivity index (χ1n) is 9.59. The Kier molecular flexibility index (Phi) is 5.42. The zero-order valence-electron chi connectivity index (χ0n) is 16.6. The average molecular weight is 431 g/mol. The van der Waals surface area contributed by atoms with Crippen molar-refractivity contribution in [2.45, 2.75) is 43.1 Å². The van der Waals surface area contributed by atoms with Gasteiger partial charge in [-0.15, -0.1) is 0 Å². The van der Waals surface area contributed by atoms with Crippen LogP contribution in [0.4, 0.5) is 10.2 Å².